The highest BCUT2D eigenvalue weighted by Gasteiger charge is 2.23. The Bertz CT molecular complexity index is 960. The number of benzene rings is 1. The summed E-state index contributed by atoms with van der Waals surface area (Å²) in [6, 6.07) is 9.21. The molecule has 7 heteroatoms. The summed E-state index contributed by atoms with van der Waals surface area (Å²) in [4.78, 5) is 31.5. The second kappa shape index (κ2) is 6.88. The third-order valence-electron chi connectivity index (χ3n) is 3.90. The number of hydrogen-bond acceptors (Lipinski definition) is 5. The van der Waals surface area contributed by atoms with Crippen LogP contribution in [-0.4, -0.2) is 25.7 Å². The van der Waals surface area contributed by atoms with Gasteiger partial charge in [-0.3, -0.25) is 14.3 Å². The van der Waals surface area contributed by atoms with Gasteiger partial charge in [0.25, 0.3) is 5.56 Å². The molecular formula is C18H20N4O3. The quantitative estimate of drug-likeness (QED) is 0.720. The van der Waals surface area contributed by atoms with Gasteiger partial charge in [0, 0.05) is 19.5 Å². The molecule has 0 radical (unpaired) electrons. The molecule has 0 fully saturated rings. The van der Waals surface area contributed by atoms with Gasteiger partial charge in [-0.25, -0.2) is 4.98 Å². The molecule has 0 aliphatic rings. The first-order valence-corrected chi connectivity index (χ1v) is 8.19. The smallest absolute Gasteiger partial charge is 0.303 e. The Hall–Kier alpha value is -2.96. The summed E-state index contributed by atoms with van der Waals surface area (Å²) >= 11 is 0. The van der Waals surface area contributed by atoms with Crippen molar-refractivity contribution in [1.29, 1.82) is 0 Å². The number of ether oxygens (including phenoxy) is 1. The molecule has 0 amide bonds. The molecule has 0 spiro atoms. The zero-order valence-electron chi connectivity index (χ0n) is 14.4. The van der Waals surface area contributed by atoms with E-state index in [4.69, 9.17) is 4.74 Å². The minimum Gasteiger partial charge on any atom is -0.449 e. The van der Waals surface area contributed by atoms with Gasteiger partial charge in [-0.2, -0.15) is 5.10 Å². The maximum atomic E-state index is 12.6. The normalized spacial score (nSPS) is 12.3. The highest BCUT2D eigenvalue weighted by atomic mass is 16.5. The van der Waals surface area contributed by atoms with E-state index in [1.54, 1.807) is 11.7 Å². The largest absolute Gasteiger partial charge is 0.449 e. The second-order valence-electron chi connectivity index (χ2n) is 5.87. The molecule has 1 atom stereocenters. The van der Waals surface area contributed by atoms with Crippen molar-refractivity contribution in [2.45, 2.75) is 32.8 Å². The Labute approximate surface area is 144 Å². The Morgan fingerprint density at radius 3 is 2.68 bits per heavy atom. The molecule has 130 valence electrons. The zero-order chi connectivity index (χ0) is 18.0. The molecule has 1 N–H and O–H groups in total. The van der Waals surface area contributed by atoms with Gasteiger partial charge in [0.15, 0.2) is 17.4 Å². The second-order valence-corrected chi connectivity index (χ2v) is 5.87. The third-order valence-corrected chi connectivity index (χ3v) is 3.90. The van der Waals surface area contributed by atoms with Crippen LogP contribution in [0.1, 0.15) is 43.5 Å². The van der Waals surface area contributed by atoms with Crippen molar-refractivity contribution in [3.05, 3.63) is 57.8 Å². The highest BCUT2D eigenvalue weighted by Crippen LogP contribution is 2.24. The summed E-state index contributed by atoms with van der Waals surface area (Å²) in [5.41, 5.74) is 2.17. The van der Waals surface area contributed by atoms with Crippen LogP contribution in [0.4, 0.5) is 0 Å². The molecular weight excluding hydrogens is 320 g/mol. The number of carbonyl (C=O) groups is 1. The van der Waals surface area contributed by atoms with E-state index in [2.05, 4.69) is 15.1 Å². The van der Waals surface area contributed by atoms with Crippen molar-refractivity contribution in [1.82, 2.24) is 19.7 Å². The Balaban J connectivity index is 2.19. The van der Waals surface area contributed by atoms with Crippen molar-refractivity contribution < 1.29 is 9.53 Å². The fraction of sp³-hybridized carbons (Fsp3) is 0.333. The van der Waals surface area contributed by atoms with Crippen LogP contribution >= 0.6 is 0 Å². The minimum atomic E-state index is -0.773. The molecule has 1 aromatic carbocycles. The lowest BCUT2D eigenvalue weighted by Crippen LogP contribution is -2.20. The Morgan fingerprint density at radius 1 is 1.32 bits per heavy atom. The van der Waals surface area contributed by atoms with E-state index in [-0.39, 0.29) is 5.56 Å². The standard InChI is InChI=1S/C18H20N4O3/c1-4-8-13-14-15(22(3)21-13)18(24)20-17(19-14)16(25-11(2)23)12-9-6-5-7-10-12/h5-7,9-10,16H,4,8H2,1-3H3,(H,19,20,24). The molecule has 0 aliphatic heterocycles. The monoisotopic (exact) mass is 340 g/mol. The van der Waals surface area contributed by atoms with E-state index in [0.717, 1.165) is 24.1 Å². The fourth-order valence-electron chi connectivity index (χ4n) is 2.87. The lowest BCUT2D eigenvalue weighted by Gasteiger charge is -2.16. The van der Waals surface area contributed by atoms with Crippen LogP contribution < -0.4 is 5.56 Å². The van der Waals surface area contributed by atoms with Gasteiger partial charge in [0.05, 0.1) is 5.69 Å². The Kier molecular flexibility index (Phi) is 4.65. The average Bonchev–Trinajstić information content (AvgIpc) is 2.90. The highest BCUT2D eigenvalue weighted by molar-refractivity contribution is 5.76. The van der Waals surface area contributed by atoms with Crippen molar-refractivity contribution >= 4 is 17.0 Å². The zero-order valence-corrected chi connectivity index (χ0v) is 14.4. The van der Waals surface area contributed by atoms with Crippen LogP contribution in [0.5, 0.6) is 0 Å². The first-order valence-electron chi connectivity index (χ1n) is 8.19. The minimum absolute atomic E-state index is 0.296. The van der Waals surface area contributed by atoms with Gasteiger partial charge in [-0.1, -0.05) is 43.7 Å². The first kappa shape index (κ1) is 16.9. The summed E-state index contributed by atoms with van der Waals surface area (Å²) in [5.74, 6) is -0.152. The number of aryl methyl sites for hydroxylation is 2. The van der Waals surface area contributed by atoms with Gasteiger partial charge in [-0.15, -0.1) is 0 Å². The first-order chi connectivity index (χ1) is 12.0. The van der Waals surface area contributed by atoms with Crippen molar-refractivity contribution in [3.63, 3.8) is 0 Å². The van der Waals surface area contributed by atoms with E-state index >= 15 is 0 Å². The predicted octanol–water partition coefficient (Wildman–Crippen LogP) is 2.26. The SMILES string of the molecule is CCCc1nn(C)c2c(=O)[nH]c(C(OC(C)=O)c3ccccc3)nc12. The predicted molar refractivity (Wildman–Crippen MR) is 93.2 cm³/mol. The maximum absolute atomic E-state index is 12.6. The number of fused-ring (bicyclic) bond motifs is 1. The van der Waals surface area contributed by atoms with Gasteiger partial charge in [-0.05, 0) is 6.42 Å². The number of aromatic amines is 1. The number of hydrogen-bond donors (Lipinski definition) is 1. The lowest BCUT2D eigenvalue weighted by molar-refractivity contribution is -0.145. The third kappa shape index (κ3) is 3.31. The van der Waals surface area contributed by atoms with Crippen molar-refractivity contribution in [3.8, 4) is 0 Å². The number of carbonyl (C=O) groups excluding carboxylic acids is 1. The van der Waals surface area contributed by atoms with Crippen molar-refractivity contribution in [2.24, 2.45) is 7.05 Å². The molecule has 0 saturated heterocycles. The number of H-pyrrole nitrogens is 1. The number of rotatable bonds is 5. The van der Waals surface area contributed by atoms with E-state index in [1.807, 2.05) is 37.3 Å². The average molecular weight is 340 g/mol. The summed E-state index contributed by atoms with van der Waals surface area (Å²) in [7, 11) is 1.72. The fourth-order valence-corrected chi connectivity index (χ4v) is 2.87. The Morgan fingerprint density at radius 2 is 2.04 bits per heavy atom. The molecule has 25 heavy (non-hydrogen) atoms. The topological polar surface area (TPSA) is 89.9 Å². The lowest BCUT2D eigenvalue weighted by atomic mass is 10.1. The van der Waals surface area contributed by atoms with Gasteiger partial charge < -0.3 is 9.72 Å². The molecule has 0 aliphatic carbocycles. The van der Waals surface area contributed by atoms with E-state index in [1.165, 1.54) is 6.92 Å². The molecule has 1 unspecified atom stereocenters. The van der Waals surface area contributed by atoms with Crippen LogP contribution in [0.3, 0.4) is 0 Å². The molecule has 3 rings (SSSR count). The molecule has 3 aromatic rings. The summed E-state index contributed by atoms with van der Waals surface area (Å²) in [6.07, 6.45) is 0.837. The van der Waals surface area contributed by atoms with Crippen LogP contribution in [0.15, 0.2) is 35.1 Å². The number of aromatic nitrogens is 4. The van der Waals surface area contributed by atoms with Crippen LogP contribution in [0.2, 0.25) is 0 Å². The van der Waals surface area contributed by atoms with E-state index < -0.39 is 12.1 Å². The van der Waals surface area contributed by atoms with Gasteiger partial charge >= 0.3 is 5.97 Å². The van der Waals surface area contributed by atoms with E-state index in [9.17, 15) is 9.59 Å². The summed E-state index contributed by atoms with van der Waals surface area (Å²) < 4.78 is 6.98. The molecule has 0 saturated carbocycles. The molecule has 7 nitrogen and oxygen atoms in total. The van der Waals surface area contributed by atoms with Crippen molar-refractivity contribution in [2.75, 3.05) is 0 Å². The molecule has 2 heterocycles. The van der Waals surface area contributed by atoms with Gasteiger partial charge in [0.1, 0.15) is 5.52 Å². The number of esters is 1. The summed E-state index contributed by atoms with van der Waals surface area (Å²) in [6.45, 7) is 3.37. The van der Waals surface area contributed by atoms with E-state index in [0.29, 0.717) is 16.9 Å². The maximum Gasteiger partial charge on any atom is 0.303 e. The van der Waals surface area contributed by atoms with Crippen LogP contribution in [0, 0.1) is 0 Å². The summed E-state index contributed by atoms with van der Waals surface area (Å²) in [5, 5.41) is 4.40. The molecule has 2 aromatic heterocycles. The van der Waals surface area contributed by atoms with Gasteiger partial charge in [0.2, 0.25) is 0 Å². The van der Waals surface area contributed by atoms with Crippen LogP contribution in [0.25, 0.3) is 11.0 Å². The van der Waals surface area contributed by atoms with Crippen LogP contribution in [-0.2, 0) is 23.0 Å². The number of nitrogens with one attached hydrogen (secondary N) is 1. The number of nitrogens with zero attached hydrogens (tertiary/aromatic N) is 3. The molecule has 0 bridgehead atoms.